The maximum absolute atomic E-state index is 14.2. The third-order valence-corrected chi connectivity index (χ3v) is 19.2. The summed E-state index contributed by atoms with van der Waals surface area (Å²) in [5.74, 6) is 4.28. The fraction of sp³-hybridized carbons (Fsp3) is 0.387. The van der Waals surface area contributed by atoms with Crippen molar-refractivity contribution in [1.82, 2.24) is 31.2 Å². The number of thiazole rings is 1. The van der Waals surface area contributed by atoms with Crippen molar-refractivity contribution in [2.45, 2.75) is 83.0 Å². The number of benzene rings is 4. The summed E-state index contributed by atoms with van der Waals surface area (Å²) in [5, 5.41) is 12.6. The number of amides is 5. The molecular weight excluding hydrogens is 1330 g/mol. The highest BCUT2D eigenvalue weighted by molar-refractivity contribution is 7.63. The summed E-state index contributed by atoms with van der Waals surface area (Å²) >= 11 is 1.39. The molecule has 6 unspecified atom stereocenters. The minimum absolute atomic E-state index is 0.0168. The van der Waals surface area contributed by atoms with Crippen molar-refractivity contribution in [3.8, 4) is 39.3 Å². The molecule has 96 heavy (non-hydrogen) atoms. The zero-order valence-electron chi connectivity index (χ0n) is 52.5. The Labute approximate surface area is 558 Å². The van der Waals surface area contributed by atoms with Crippen LogP contribution in [0.4, 0.5) is 5.69 Å². The predicted molar refractivity (Wildman–Crippen MR) is 359 cm³/mol. The lowest BCUT2D eigenvalue weighted by atomic mass is 9.90. The molecule has 1 fully saturated rings. The lowest BCUT2D eigenvalue weighted by molar-refractivity contribution is -0.128. The van der Waals surface area contributed by atoms with Crippen molar-refractivity contribution in [1.29, 1.82) is 0 Å². The number of hydrogen-bond acceptors (Lipinski definition) is 24. The van der Waals surface area contributed by atoms with Crippen LogP contribution in [0.2, 0.25) is 0 Å². The molecule has 514 valence electrons. The van der Waals surface area contributed by atoms with Gasteiger partial charge in [0, 0.05) is 92.6 Å². The number of amidine groups is 1. The number of carbonyl (C=O) groups excluding carboxylic acids is 5. The number of aryl methyl sites for hydroxylation is 1. The first-order valence-electron chi connectivity index (χ1n) is 30.5. The Kier molecular flexibility index (Phi) is 28.3. The molecule has 1 saturated heterocycles. The van der Waals surface area contributed by atoms with Crippen LogP contribution < -0.4 is 53.7 Å². The van der Waals surface area contributed by atoms with E-state index in [4.69, 9.17) is 59.9 Å². The van der Waals surface area contributed by atoms with Gasteiger partial charge in [0.15, 0.2) is 0 Å². The van der Waals surface area contributed by atoms with Gasteiger partial charge >= 0.3 is 30.7 Å². The molecule has 2 aromatic heterocycles. The van der Waals surface area contributed by atoms with Crippen LogP contribution in [0.25, 0.3) is 42.9 Å². The van der Waals surface area contributed by atoms with Gasteiger partial charge in [-0.15, -0.1) is 11.3 Å². The zero-order valence-corrected chi connectivity index (χ0v) is 56.0. The molecule has 8 rings (SSSR count). The van der Waals surface area contributed by atoms with Crippen LogP contribution >= 0.6 is 36.4 Å². The Morgan fingerprint density at radius 2 is 1.71 bits per heavy atom. The van der Waals surface area contributed by atoms with Crippen LogP contribution in [-0.2, 0) is 52.7 Å². The third kappa shape index (κ3) is 21.2. The quantitative estimate of drug-likeness (QED) is 0.00370. The Morgan fingerprint density at radius 1 is 0.948 bits per heavy atom. The highest BCUT2D eigenvalue weighted by Gasteiger charge is 2.40. The van der Waals surface area contributed by atoms with Crippen LogP contribution in [0.3, 0.4) is 0 Å². The fourth-order valence-electron chi connectivity index (χ4n) is 10.4. The second-order valence-corrected chi connectivity index (χ2v) is 26.0. The van der Waals surface area contributed by atoms with E-state index in [1.54, 1.807) is 30.3 Å². The molecule has 4 heterocycles. The molecule has 14 N–H and O–H groups in total. The topological polar surface area (TPSA) is 436 Å². The molecule has 2 aliphatic heterocycles. The van der Waals surface area contributed by atoms with Gasteiger partial charge in [0.25, 0.3) is 11.8 Å². The van der Waals surface area contributed by atoms with Gasteiger partial charge in [0.05, 0.1) is 41.8 Å². The van der Waals surface area contributed by atoms with Crippen molar-refractivity contribution in [3.63, 3.8) is 0 Å². The molecule has 0 spiro atoms. The van der Waals surface area contributed by atoms with E-state index in [0.29, 0.717) is 82.9 Å². The number of hydrogen-bond donors (Lipinski definition) is 11. The van der Waals surface area contributed by atoms with Gasteiger partial charge in [-0.05, 0) is 99.0 Å². The maximum atomic E-state index is 14.2. The van der Waals surface area contributed by atoms with Crippen LogP contribution in [0, 0.1) is 11.8 Å². The number of aliphatic imine (C=N–C) groups is 1. The first-order chi connectivity index (χ1) is 46.3. The van der Waals surface area contributed by atoms with Crippen LogP contribution in [0.5, 0.6) is 5.75 Å². The molecule has 34 heteroatoms. The smallest absolute Gasteiger partial charge is 0.485 e. The normalized spacial score (nSPS) is 16.8. The average Bonchev–Trinajstić information content (AvgIpc) is 1.07. The van der Waals surface area contributed by atoms with E-state index in [-0.39, 0.29) is 68.4 Å². The molecule has 0 radical (unpaired) electrons. The number of phosphoric acid groups is 1. The summed E-state index contributed by atoms with van der Waals surface area (Å²) in [6.07, 6.45) is 2.23. The summed E-state index contributed by atoms with van der Waals surface area (Å²) in [7, 11) is -10.1. The number of aromatic nitrogens is 1. The molecule has 6 aromatic rings. The number of ether oxygens (including phenoxy) is 4. The van der Waals surface area contributed by atoms with Crippen molar-refractivity contribution in [3.05, 3.63) is 124 Å². The van der Waals surface area contributed by atoms with E-state index in [0.717, 1.165) is 64.1 Å². The SMILES string of the molecule is CCN1CCCc2cc3c(-c4ccccc4C(=O)NCCCC(=O)NCCCCCNC(=O)c4cccc(OCC(N)OCC(=O)NCC#CC(=C/N(C=O)C5CC(OCN)C(COP(O)OP(=O)(O)OP(O)O)O5)/C(N)=N\C)c4)c(-c4nc5ccccc5s4)c(=O)oc3cc21. The van der Waals surface area contributed by atoms with Crippen molar-refractivity contribution >= 4 is 99.1 Å². The molecule has 6 atom stereocenters. The Hall–Kier alpha value is -7.69. The summed E-state index contributed by atoms with van der Waals surface area (Å²) in [6.45, 7) is 3.26. The van der Waals surface area contributed by atoms with E-state index in [2.05, 4.69) is 64.6 Å². The van der Waals surface area contributed by atoms with Gasteiger partial charge in [-0.3, -0.25) is 33.9 Å². The van der Waals surface area contributed by atoms with Gasteiger partial charge in [0.1, 0.15) is 59.5 Å². The lowest BCUT2D eigenvalue weighted by Crippen LogP contribution is -2.36. The van der Waals surface area contributed by atoms with Gasteiger partial charge in [0.2, 0.25) is 18.2 Å². The summed E-state index contributed by atoms with van der Waals surface area (Å²) in [4.78, 5) is 128. The summed E-state index contributed by atoms with van der Waals surface area (Å²) in [6, 6.07) is 25.3. The largest absolute Gasteiger partial charge is 0.489 e. The van der Waals surface area contributed by atoms with E-state index in [1.165, 1.54) is 30.7 Å². The van der Waals surface area contributed by atoms with E-state index < -0.39 is 74.4 Å². The predicted octanol–water partition coefficient (Wildman–Crippen LogP) is 4.86. The number of rotatable bonds is 35. The fourth-order valence-corrected chi connectivity index (χ4v) is 13.7. The summed E-state index contributed by atoms with van der Waals surface area (Å²) < 4.78 is 54.6. The molecule has 5 amide bonds. The van der Waals surface area contributed by atoms with Crippen LogP contribution in [0.1, 0.15) is 78.1 Å². The van der Waals surface area contributed by atoms with E-state index in [1.807, 2.05) is 42.5 Å². The van der Waals surface area contributed by atoms with E-state index >= 15 is 0 Å². The minimum Gasteiger partial charge on any atom is -0.489 e. The Bertz CT molecular complexity index is 3910. The van der Waals surface area contributed by atoms with Crippen molar-refractivity contribution in [2.24, 2.45) is 22.2 Å². The van der Waals surface area contributed by atoms with E-state index in [9.17, 15) is 43.1 Å². The number of unbranched alkanes of at least 4 members (excludes halogenated alkanes) is 2. The monoisotopic (exact) mass is 1400 g/mol. The molecule has 0 saturated carbocycles. The lowest BCUT2D eigenvalue weighted by Gasteiger charge is -2.30. The standard InChI is InChI=1S/C62H76N11O19P3S/c1-3-72-28-14-17-39-30-45-48(31-47(39)72)90-62(79)57(61-71-46-21-7-8-22-51(46)96-61)56(45)43-19-5-6-20-44(43)60(78)70-27-13-23-53(75)67-24-9-4-10-25-69-59(77)40-15-11-18-42(29-40)85-35-52(64)86-36-54(76)68-26-12-16-41(58(65)66-2)33-73(38-74)55-32-49(87-37-63)50(89-55)34-88-94(82)92-95(83,84)91-93(80)81/h5-8,11,15,18-22,29-31,33,38,49-50,52,55,80-82H,3-4,9-10,13-14,17,23-28,32,34-37,63-64H2,1-2H3,(H2,65,66)(H,67,75)(H,68,76)(H,69,77)(H,70,78)(H,83,84)/b41-33-. The average molecular weight is 1400 g/mol. The molecule has 4 aromatic carbocycles. The van der Waals surface area contributed by atoms with Crippen molar-refractivity contribution < 1.29 is 84.6 Å². The Balaban J connectivity index is 0.714. The number of nitrogens with one attached hydrogen (secondary N) is 4. The number of nitrogens with two attached hydrogens (primary N) is 3. The second kappa shape index (κ2) is 36.6. The highest BCUT2D eigenvalue weighted by atomic mass is 32.1. The number of nitrogens with zero attached hydrogens (tertiary/aromatic N) is 4. The number of anilines is 1. The molecule has 2 aliphatic rings. The van der Waals surface area contributed by atoms with Gasteiger partial charge in [-0.1, -0.05) is 48.2 Å². The minimum atomic E-state index is -5.09. The molecular formula is C62H76N11O19P3S. The first kappa shape index (κ1) is 74.1. The molecule has 30 nitrogen and oxygen atoms in total. The third-order valence-electron chi connectivity index (χ3n) is 15.0. The van der Waals surface area contributed by atoms with Gasteiger partial charge in [-0.2, -0.15) is 0 Å². The summed E-state index contributed by atoms with van der Waals surface area (Å²) in [5.41, 5.74) is 22.7. The number of carbonyl (C=O) groups is 5. The van der Waals surface area contributed by atoms with Crippen molar-refractivity contribution in [2.75, 3.05) is 77.8 Å². The van der Waals surface area contributed by atoms with Crippen LogP contribution in [0.15, 0.2) is 111 Å². The number of para-hydroxylation sites is 1. The van der Waals surface area contributed by atoms with Gasteiger partial charge < -0.3 is 90.8 Å². The number of fused-ring (bicyclic) bond motifs is 3. The van der Waals surface area contributed by atoms with Gasteiger partial charge in [-0.25, -0.2) is 23.0 Å². The van der Waals surface area contributed by atoms with Crippen LogP contribution in [-0.4, -0.2) is 163 Å². The molecule has 0 aliphatic carbocycles. The Morgan fingerprint density at radius 3 is 2.47 bits per heavy atom. The molecule has 0 bridgehead atoms. The highest BCUT2D eigenvalue weighted by Crippen LogP contribution is 2.61. The first-order valence-corrected chi connectivity index (χ1v) is 35.1. The second-order valence-electron chi connectivity index (χ2n) is 21.5. The zero-order chi connectivity index (χ0) is 68.7. The maximum Gasteiger partial charge on any atom is 0.485 e.